The Kier molecular flexibility index (Phi) is 5.06. The third kappa shape index (κ3) is 3.78. The average Bonchev–Trinajstić information content (AvgIpc) is 2.94. The van der Waals surface area contributed by atoms with Crippen molar-refractivity contribution in [2.24, 2.45) is 5.92 Å². The molecule has 0 aliphatic carbocycles. The molecule has 22 heavy (non-hydrogen) atoms. The predicted octanol–water partition coefficient (Wildman–Crippen LogP) is 2.43. The number of nitrogens with zero attached hydrogens (tertiary/aromatic N) is 1. The number of hydrogen-bond donors (Lipinski definition) is 1. The van der Waals surface area contributed by atoms with Crippen LogP contribution in [0.4, 0.5) is 0 Å². The van der Waals surface area contributed by atoms with Crippen molar-refractivity contribution >= 4 is 11.9 Å². The van der Waals surface area contributed by atoms with Gasteiger partial charge in [0.1, 0.15) is 5.75 Å². The fraction of sp³-hybridized carbons (Fsp3) is 0.529. The summed E-state index contributed by atoms with van der Waals surface area (Å²) < 4.78 is 5.71. The molecular weight excluding hydrogens is 282 g/mol. The van der Waals surface area contributed by atoms with Crippen LogP contribution in [0.5, 0.6) is 5.75 Å². The molecule has 1 fully saturated rings. The normalized spacial score (nSPS) is 17.8. The van der Waals surface area contributed by atoms with E-state index in [1.54, 1.807) is 4.90 Å². The van der Waals surface area contributed by atoms with Crippen molar-refractivity contribution in [3.05, 3.63) is 29.3 Å². The lowest BCUT2D eigenvalue weighted by Crippen LogP contribution is -2.34. The zero-order valence-corrected chi connectivity index (χ0v) is 13.3. The van der Waals surface area contributed by atoms with Crippen LogP contribution >= 0.6 is 0 Å². The molecule has 0 saturated carbocycles. The molecule has 1 aliphatic heterocycles. The van der Waals surface area contributed by atoms with Gasteiger partial charge >= 0.3 is 5.97 Å². The molecule has 1 saturated heterocycles. The van der Waals surface area contributed by atoms with Gasteiger partial charge in [-0.3, -0.25) is 9.59 Å². The van der Waals surface area contributed by atoms with E-state index in [4.69, 9.17) is 9.84 Å². The Labute approximate surface area is 130 Å². The minimum absolute atomic E-state index is 0.0461. The van der Waals surface area contributed by atoms with Gasteiger partial charge in [0.2, 0.25) is 0 Å². The molecule has 1 N–H and O–H groups in total. The maximum Gasteiger partial charge on any atom is 0.308 e. The van der Waals surface area contributed by atoms with E-state index in [1.165, 1.54) is 0 Å². The van der Waals surface area contributed by atoms with Crippen LogP contribution in [-0.2, 0) is 9.59 Å². The highest BCUT2D eigenvalue weighted by Crippen LogP contribution is 2.27. The monoisotopic (exact) mass is 305 g/mol. The van der Waals surface area contributed by atoms with Crippen molar-refractivity contribution in [2.75, 3.05) is 19.7 Å². The first kappa shape index (κ1) is 16.3. The highest BCUT2D eigenvalue weighted by molar-refractivity contribution is 5.80. The summed E-state index contributed by atoms with van der Waals surface area (Å²) in [4.78, 5) is 24.7. The van der Waals surface area contributed by atoms with Gasteiger partial charge in [-0.2, -0.15) is 0 Å². The summed E-state index contributed by atoms with van der Waals surface area (Å²) in [7, 11) is 0. The first-order valence-corrected chi connectivity index (χ1v) is 7.62. The molecular formula is C17H23NO4. The van der Waals surface area contributed by atoms with Gasteiger partial charge in [0.15, 0.2) is 6.61 Å². The second-order valence-corrected chi connectivity index (χ2v) is 6.15. The molecule has 1 amide bonds. The summed E-state index contributed by atoms with van der Waals surface area (Å²) in [5, 5.41) is 8.98. The standard InChI is InChI=1S/C17H23NO4/c1-11(2)14-5-4-12(3)8-15(14)22-10-16(19)18-7-6-13(9-18)17(20)21/h4-5,8,11,13H,6-7,9-10H2,1-3H3,(H,20,21)/t13-/m0/s1. The summed E-state index contributed by atoms with van der Waals surface area (Å²) in [6.07, 6.45) is 0.517. The second-order valence-electron chi connectivity index (χ2n) is 6.15. The number of aryl methyl sites for hydroxylation is 1. The molecule has 1 atom stereocenters. The molecule has 0 aromatic heterocycles. The fourth-order valence-electron chi connectivity index (χ4n) is 2.66. The van der Waals surface area contributed by atoms with E-state index in [0.717, 1.165) is 16.9 Å². The maximum absolute atomic E-state index is 12.2. The number of likely N-dealkylation sites (tertiary alicyclic amines) is 1. The van der Waals surface area contributed by atoms with E-state index in [-0.39, 0.29) is 19.1 Å². The van der Waals surface area contributed by atoms with Gasteiger partial charge in [-0.25, -0.2) is 0 Å². The van der Waals surface area contributed by atoms with Gasteiger partial charge in [0.25, 0.3) is 5.91 Å². The Morgan fingerprint density at radius 1 is 1.41 bits per heavy atom. The lowest BCUT2D eigenvalue weighted by atomic mass is 10.0. The zero-order chi connectivity index (χ0) is 16.3. The number of ether oxygens (including phenoxy) is 1. The van der Waals surface area contributed by atoms with E-state index in [2.05, 4.69) is 13.8 Å². The summed E-state index contributed by atoms with van der Waals surface area (Å²) in [6.45, 7) is 6.87. The van der Waals surface area contributed by atoms with E-state index >= 15 is 0 Å². The van der Waals surface area contributed by atoms with Gasteiger partial charge in [0, 0.05) is 13.1 Å². The first-order valence-electron chi connectivity index (χ1n) is 7.62. The Bertz CT molecular complexity index is 568. The number of amides is 1. The van der Waals surface area contributed by atoms with E-state index in [9.17, 15) is 9.59 Å². The second kappa shape index (κ2) is 6.81. The zero-order valence-electron chi connectivity index (χ0n) is 13.3. The van der Waals surface area contributed by atoms with Gasteiger partial charge in [-0.05, 0) is 36.5 Å². The SMILES string of the molecule is Cc1ccc(C(C)C)c(OCC(=O)N2CC[C@H](C(=O)O)C2)c1. The van der Waals surface area contributed by atoms with Crippen LogP contribution in [0.15, 0.2) is 18.2 Å². The molecule has 0 radical (unpaired) electrons. The lowest BCUT2D eigenvalue weighted by molar-refractivity contribution is -0.141. The third-order valence-electron chi connectivity index (χ3n) is 4.03. The van der Waals surface area contributed by atoms with Gasteiger partial charge < -0.3 is 14.7 Å². The number of carboxylic acids is 1. The lowest BCUT2D eigenvalue weighted by Gasteiger charge is -2.18. The van der Waals surface area contributed by atoms with Crippen LogP contribution in [0.25, 0.3) is 0 Å². The summed E-state index contributed by atoms with van der Waals surface area (Å²) in [5.41, 5.74) is 2.15. The molecule has 1 aromatic carbocycles. The van der Waals surface area contributed by atoms with Crippen molar-refractivity contribution in [3.63, 3.8) is 0 Å². The smallest absolute Gasteiger partial charge is 0.308 e. The first-order chi connectivity index (χ1) is 10.4. The van der Waals surface area contributed by atoms with Crippen LogP contribution < -0.4 is 4.74 Å². The van der Waals surface area contributed by atoms with Crippen molar-refractivity contribution in [1.29, 1.82) is 0 Å². The highest BCUT2D eigenvalue weighted by Gasteiger charge is 2.30. The van der Waals surface area contributed by atoms with Gasteiger partial charge in [-0.1, -0.05) is 26.0 Å². The Hall–Kier alpha value is -2.04. The molecule has 1 aromatic rings. The minimum Gasteiger partial charge on any atom is -0.483 e. The van der Waals surface area contributed by atoms with Crippen molar-refractivity contribution in [3.8, 4) is 5.75 Å². The average molecular weight is 305 g/mol. The molecule has 1 heterocycles. The third-order valence-corrected chi connectivity index (χ3v) is 4.03. The van der Waals surface area contributed by atoms with Gasteiger partial charge in [0.05, 0.1) is 5.92 Å². The number of aliphatic carboxylic acids is 1. The maximum atomic E-state index is 12.2. The van der Waals surface area contributed by atoms with Crippen LogP contribution in [-0.4, -0.2) is 41.6 Å². The van der Waals surface area contributed by atoms with Crippen LogP contribution in [0.1, 0.15) is 37.3 Å². The fourth-order valence-corrected chi connectivity index (χ4v) is 2.66. The van der Waals surface area contributed by atoms with Crippen molar-refractivity contribution in [2.45, 2.75) is 33.1 Å². The largest absolute Gasteiger partial charge is 0.483 e. The Morgan fingerprint density at radius 3 is 2.73 bits per heavy atom. The molecule has 5 nitrogen and oxygen atoms in total. The summed E-state index contributed by atoms with van der Waals surface area (Å²) >= 11 is 0. The number of hydrogen-bond acceptors (Lipinski definition) is 3. The van der Waals surface area contributed by atoms with Crippen LogP contribution in [0.3, 0.4) is 0 Å². The summed E-state index contributed by atoms with van der Waals surface area (Å²) in [5.74, 6) is -0.391. The van der Waals surface area contributed by atoms with Gasteiger partial charge in [-0.15, -0.1) is 0 Å². The van der Waals surface area contributed by atoms with E-state index in [0.29, 0.717) is 18.9 Å². The number of carbonyl (C=O) groups excluding carboxylic acids is 1. The number of rotatable bonds is 5. The molecule has 120 valence electrons. The van der Waals surface area contributed by atoms with E-state index < -0.39 is 11.9 Å². The number of benzene rings is 1. The number of carboxylic acid groups (broad SMARTS) is 1. The highest BCUT2D eigenvalue weighted by atomic mass is 16.5. The predicted molar refractivity (Wildman–Crippen MR) is 83.1 cm³/mol. The Morgan fingerprint density at radius 2 is 2.14 bits per heavy atom. The number of carbonyl (C=O) groups is 2. The Balaban J connectivity index is 1.97. The molecule has 0 bridgehead atoms. The molecule has 1 aliphatic rings. The minimum atomic E-state index is -0.836. The molecule has 5 heteroatoms. The molecule has 0 unspecified atom stereocenters. The molecule has 2 rings (SSSR count). The topological polar surface area (TPSA) is 66.8 Å². The molecule has 0 spiro atoms. The van der Waals surface area contributed by atoms with Crippen molar-refractivity contribution < 1.29 is 19.4 Å². The summed E-state index contributed by atoms with van der Waals surface area (Å²) in [6, 6.07) is 5.99. The van der Waals surface area contributed by atoms with E-state index in [1.807, 2.05) is 25.1 Å². The quantitative estimate of drug-likeness (QED) is 0.907. The van der Waals surface area contributed by atoms with Crippen LogP contribution in [0.2, 0.25) is 0 Å². The van der Waals surface area contributed by atoms with Crippen LogP contribution in [0, 0.1) is 12.8 Å². The van der Waals surface area contributed by atoms with Crippen molar-refractivity contribution in [1.82, 2.24) is 4.90 Å².